The average Bonchev–Trinajstić information content (AvgIpc) is 2.05. The van der Waals surface area contributed by atoms with Gasteiger partial charge in [-0.3, -0.25) is 0 Å². The number of alkyl halides is 1. The summed E-state index contributed by atoms with van der Waals surface area (Å²) in [7, 11) is 1.85. The lowest BCUT2D eigenvalue weighted by molar-refractivity contribution is 0.132. The van der Waals surface area contributed by atoms with E-state index in [0.717, 1.165) is 25.9 Å². The van der Waals surface area contributed by atoms with Crippen LogP contribution in [0.4, 0.5) is 4.39 Å². The van der Waals surface area contributed by atoms with E-state index in [-0.39, 0.29) is 5.54 Å². The third kappa shape index (κ3) is 1.71. The zero-order valence-corrected chi connectivity index (χ0v) is 7.28. The van der Waals surface area contributed by atoms with Gasteiger partial charge in [-0.05, 0) is 39.9 Å². The van der Waals surface area contributed by atoms with Crippen LogP contribution in [-0.2, 0) is 0 Å². The van der Waals surface area contributed by atoms with Gasteiger partial charge < -0.3 is 10.6 Å². The Balaban J connectivity index is 2.57. The predicted molar refractivity (Wildman–Crippen MR) is 44.5 cm³/mol. The van der Waals surface area contributed by atoms with Crippen LogP contribution in [0, 0.1) is 0 Å². The fourth-order valence-electron chi connectivity index (χ4n) is 1.72. The van der Waals surface area contributed by atoms with Gasteiger partial charge in [-0.15, -0.1) is 0 Å². The van der Waals surface area contributed by atoms with Gasteiger partial charge in [-0.2, -0.15) is 0 Å². The molecule has 2 nitrogen and oxygen atoms in total. The Morgan fingerprint density at radius 2 is 2.00 bits per heavy atom. The largest absolute Gasteiger partial charge is 0.317 e. The summed E-state index contributed by atoms with van der Waals surface area (Å²) in [6.07, 6.45) is 1.03. The van der Waals surface area contributed by atoms with Crippen LogP contribution in [0.3, 0.4) is 0 Å². The Morgan fingerprint density at radius 3 is 2.27 bits per heavy atom. The number of piperidine rings is 1. The Morgan fingerprint density at radius 1 is 1.45 bits per heavy atom. The maximum Gasteiger partial charge on any atom is 0.115 e. The lowest BCUT2D eigenvalue weighted by atomic mass is 9.85. The van der Waals surface area contributed by atoms with Crippen molar-refractivity contribution in [3.8, 4) is 0 Å². The molecule has 1 atom stereocenters. The number of halogens is 1. The fourth-order valence-corrected chi connectivity index (χ4v) is 1.72. The van der Waals surface area contributed by atoms with E-state index in [1.165, 1.54) is 0 Å². The Bertz CT molecular complexity index is 119. The second-order valence-corrected chi connectivity index (χ2v) is 3.27. The average molecular weight is 160 g/mol. The molecular formula is C8H17FN2. The third-order valence-corrected chi connectivity index (χ3v) is 2.76. The smallest absolute Gasteiger partial charge is 0.115 e. The van der Waals surface area contributed by atoms with Crippen molar-refractivity contribution in [2.45, 2.75) is 31.5 Å². The van der Waals surface area contributed by atoms with Gasteiger partial charge >= 0.3 is 0 Å². The second kappa shape index (κ2) is 3.50. The monoisotopic (exact) mass is 160 g/mol. The summed E-state index contributed by atoms with van der Waals surface area (Å²) in [5, 5.41) is 6.32. The normalized spacial score (nSPS) is 26.5. The molecule has 0 bridgehead atoms. The highest BCUT2D eigenvalue weighted by atomic mass is 19.1. The molecule has 0 aromatic heterocycles. The first-order valence-electron chi connectivity index (χ1n) is 4.25. The molecule has 3 heteroatoms. The summed E-state index contributed by atoms with van der Waals surface area (Å²) in [5.74, 6) is 0. The van der Waals surface area contributed by atoms with Gasteiger partial charge in [0, 0.05) is 0 Å². The van der Waals surface area contributed by atoms with Gasteiger partial charge in [0.25, 0.3) is 0 Å². The second-order valence-electron chi connectivity index (χ2n) is 3.27. The molecule has 0 saturated carbocycles. The van der Waals surface area contributed by atoms with Crippen molar-refractivity contribution >= 4 is 0 Å². The maximum absolute atomic E-state index is 13.2. The van der Waals surface area contributed by atoms with Gasteiger partial charge in [-0.25, -0.2) is 4.39 Å². The number of hydrogen-bond donors (Lipinski definition) is 2. The van der Waals surface area contributed by atoms with Crippen molar-refractivity contribution in [1.29, 1.82) is 0 Å². The van der Waals surface area contributed by atoms with Gasteiger partial charge in [0.15, 0.2) is 0 Å². The minimum atomic E-state index is -0.755. The van der Waals surface area contributed by atoms with Crippen LogP contribution in [0.15, 0.2) is 0 Å². The molecule has 0 radical (unpaired) electrons. The molecule has 1 rings (SSSR count). The topological polar surface area (TPSA) is 24.1 Å². The molecule has 1 aliphatic rings. The Hall–Kier alpha value is -0.150. The number of rotatable bonds is 2. The highest BCUT2D eigenvalue weighted by molar-refractivity contribution is 4.95. The predicted octanol–water partition coefficient (Wildman–Crippen LogP) is 0.686. The molecule has 66 valence electrons. The van der Waals surface area contributed by atoms with E-state index in [1.807, 2.05) is 7.05 Å². The molecular weight excluding hydrogens is 143 g/mol. The van der Waals surface area contributed by atoms with Crippen LogP contribution in [0.25, 0.3) is 0 Å². The van der Waals surface area contributed by atoms with Crippen LogP contribution in [0.5, 0.6) is 0 Å². The first-order valence-corrected chi connectivity index (χ1v) is 4.25. The standard InChI is InChI=1S/C8H17FN2/c1-7(9)8(10-2)3-5-11-6-4-8/h7,10-11H,3-6H2,1-2H3. The Kier molecular flexibility index (Phi) is 2.84. The minimum absolute atomic E-state index is 0.259. The van der Waals surface area contributed by atoms with Gasteiger partial charge in [0.05, 0.1) is 5.54 Å². The molecule has 1 fully saturated rings. The van der Waals surface area contributed by atoms with Crippen LogP contribution >= 0.6 is 0 Å². The van der Waals surface area contributed by atoms with E-state index in [1.54, 1.807) is 6.92 Å². The van der Waals surface area contributed by atoms with Crippen molar-refractivity contribution in [1.82, 2.24) is 10.6 Å². The van der Waals surface area contributed by atoms with Gasteiger partial charge in [-0.1, -0.05) is 0 Å². The molecule has 0 aliphatic carbocycles. The molecule has 2 N–H and O–H groups in total. The summed E-state index contributed by atoms with van der Waals surface area (Å²) in [4.78, 5) is 0. The highest BCUT2D eigenvalue weighted by Crippen LogP contribution is 2.23. The lowest BCUT2D eigenvalue weighted by Gasteiger charge is -2.38. The molecule has 1 aliphatic heterocycles. The maximum atomic E-state index is 13.2. The molecule has 0 spiro atoms. The van der Waals surface area contributed by atoms with E-state index >= 15 is 0 Å². The fraction of sp³-hybridized carbons (Fsp3) is 1.00. The molecule has 0 aromatic carbocycles. The van der Waals surface area contributed by atoms with Gasteiger partial charge in [0.2, 0.25) is 0 Å². The molecule has 0 aromatic rings. The molecule has 1 heterocycles. The highest BCUT2D eigenvalue weighted by Gasteiger charge is 2.35. The molecule has 1 saturated heterocycles. The quantitative estimate of drug-likeness (QED) is 0.621. The third-order valence-electron chi connectivity index (χ3n) is 2.76. The molecule has 0 amide bonds. The van der Waals surface area contributed by atoms with Crippen LogP contribution in [0.2, 0.25) is 0 Å². The van der Waals surface area contributed by atoms with Crippen LogP contribution in [-0.4, -0.2) is 31.8 Å². The van der Waals surface area contributed by atoms with Crippen LogP contribution in [0.1, 0.15) is 19.8 Å². The lowest BCUT2D eigenvalue weighted by Crippen LogP contribution is -2.56. The first-order chi connectivity index (χ1) is 5.21. The molecule has 11 heavy (non-hydrogen) atoms. The van der Waals surface area contributed by atoms with Crippen molar-refractivity contribution in [2.75, 3.05) is 20.1 Å². The van der Waals surface area contributed by atoms with E-state index in [2.05, 4.69) is 10.6 Å². The summed E-state index contributed by atoms with van der Waals surface area (Å²) in [5.41, 5.74) is -0.259. The molecule has 1 unspecified atom stereocenters. The van der Waals surface area contributed by atoms with Crippen molar-refractivity contribution in [3.63, 3.8) is 0 Å². The zero-order valence-electron chi connectivity index (χ0n) is 7.28. The van der Waals surface area contributed by atoms with Crippen molar-refractivity contribution in [2.24, 2.45) is 0 Å². The summed E-state index contributed by atoms with van der Waals surface area (Å²) in [6, 6.07) is 0. The van der Waals surface area contributed by atoms with E-state index < -0.39 is 6.17 Å². The van der Waals surface area contributed by atoms with Crippen molar-refractivity contribution in [3.05, 3.63) is 0 Å². The number of hydrogen-bond acceptors (Lipinski definition) is 2. The SMILES string of the molecule is CNC1(C(C)F)CCNCC1. The Labute approximate surface area is 67.6 Å². The van der Waals surface area contributed by atoms with Crippen LogP contribution < -0.4 is 10.6 Å². The summed E-state index contributed by atoms with van der Waals surface area (Å²) >= 11 is 0. The van der Waals surface area contributed by atoms with E-state index in [9.17, 15) is 4.39 Å². The zero-order chi connectivity index (χ0) is 8.32. The van der Waals surface area contributed by atoms with E-state index in [4.69, 9.17) is 0 Å². The van der Waals surface area contributed by atoms with E-state index in [0.29, 0.717) is 0 Å². The van der Waals surface area contributed by atoms with Gasteiger partial charge in [0.1, 0.15) is 6.17 Å². The first kappa shape index (κ1) is 8.94. The number of nitrogens with one attached hydrogen (secondary N) is 2. The minimum Gasteiger partial charge on any atom is -0.317 e. The van der Waals surface area contributed by atoms with Crippen molar-refractivity contribution < 1.29 is 4.39 Å². The summed E-state index contributed by atoms with van der Waals surface area (Å²) < 4.78 is 13.2. The summed E-state index contributed by atoms with van der Waals surface area (Å²) in [6.45, 7) is 3.49.